The van der Waals surface area contributed by atoms with Gasteiger partial charge in [-0.3, -0.25) is 0 Å². The SMILES string of the molecule is O[C@H]1O[C@H](C2COC3(CCCCC3)O2)[C@@H]2OC3(CCCCC3)O[C@@H]21. The topological polar surface area (TPSA) is 66.4 Å². The Labute approximate surface area is 142 Å². The second-order valence-electron chi connectivity index (χ2n) is 8.07. The molecule has 6 heteroatoms. The van der Waals surface area contributed by atoms with E-state index in [1.807, 2.05) is 0 Å². The molecular formula is C18H28O6. The minimum Gasteiger partial charge on any atom is -0.366 e. The Morgan fingerprint density at radius 1 is 0.667 bits per heavy atom. The van der Waals surface area contributed by atoms with Gasteiger partial charge in [0.2, 0.25) is 0 Å². The quantitative estimate of drug-likeness (QED) is 0.789. The fraction of sp³-hybridized carbons (Fsp3) is 1.00. The van der Waals surface area contributed by atoms with Crippen molar-refractivity contribution in [2.45, 2.75) is 106 Å². The van der Waals surface area contributed by atoms with Gasteiger partial charge in [0.1, 0.15) is 24.4 Å². The summed E-state index contributed by atoms with van der Waals surface area (Å²) in [5, 5.41) is 10.3. The third-order valence-corrected chi connectivity index (χ3v) is 6.40. The Hall–Kier alpha value is -0.240. The molecule has 2 saturated carbocycles. The molecule has 2 spiro atoms. The molecule has 3 aliphatic heterocycles. The van der Waals surface area contributed by atoms with Gasteiger partial charge in [0, 0.05) is 25.7 Å². The van der Waals surface area contributed by atoms with Crippen LogP contribution in [-0.4, -0.2) is 54.0 Å². The summed E-state index contributed by atoms with van der Waals surface area (Å²) < 4.78 is 30.6. The lowest BCUT2D eigenvalue weighted by molar-refractivity contribution is -0.260. The van der Waals surface area contributed by atoms with Crippen LogP contribution in [0.2, 0.25) is 0 Å². The largest absolute Gasteiger partial charge is 0.366 e. The first kappa shape index (κ1) is 16.0. The predicted octanol–water partition coefficient (Wildman–Crippen LogP) is 2.22. The summed E-state index contributed by atoms with van der Waals surface area (Å²) in [4.78, 5) is 0. The summed E-state index contributed by atoms with van der Waals surface area (Å²) in [7, 11) is 0. The summed E-state index contributed by atoms with van der Waals surface area (Å²) in [6.07, 6.45) is 8.64. The molecular weight excluding hydrogens is 312 g/mol. The van der Waals surface area contributed by atoms with E-state index in [4.69, 9.17) is 23.7 Å². The molecule has 0 radical (unpaired) electrons. The molecule has 3 saturated heterocycles. The zero-order valence-electron chi connectivity index (χ0n) is 14.2. The van der Waals surface area contributed by atoms with Gasteiger partial charge in [-0.25, -0.2) is 0 Å². The first-order valence-corrected chi connectivity index (χ1v) is 9.70. The second kappa shape index (κ2) is 5.89. The Balaban J connectivity index is 1.30. The first-order chi connectivity index (χ1) is 11.7. The zero-order chi connectivity index (χ0) is 16.2. The van der Waals surface area contributed by atoms with Crippen LogP contribution in [0.25, 0.3) is 0 Å². The van der Waals surface area contributed by atoms with Crippen molar-refractivity contribution in [3.05, 3.63) is 0 Å². The highest BCUT2D eigenvalue weighted by molar-refractivity contribution is 5.01. The maximum atomic E-state index is 10.3. The van der Waals surface area contributed by atoms with Crippen molar-refractivity contribution in [1.82, 2.24) is 0 Å². The van der Waals surface area contributed by atoms with E-state index < -0.39 is 24.0 Å². The van der Waals surface area contributed by atoms with E-state index in [0.29, 0.717) is 6.61 Å². The van der Waals surface area contributed by atoms with Gasteiger partial charge in [0.25, 0.3) is 0 Å². The van der Waals surface area contributed by atoms with Gasteiger partial charge in [-0.05, 0) is 25.7 Å². The number of ether oxygens (including phenoxy) is 5. The van der Waals surface area contributed by atoms with Crippen molar-refractivity contribution in [2.75, 3.05) is 6.61 Å². The summed E-state index contributed by atoms with van der Waals surface area (Å²) >= 11 is 0. The molecule has 136 valence electrons. The second-order valence-corrected chi connectivity index (χ2v) is 8.07. The van der Waals surface area contributed by atoms with Crippen LogP contribution in [0.1, 0.15) is 64.2 Å². The number of hydrogen-bond acceptors (Lipinski definition) is 6. The standard InChI is InChI=1S/C18H28O6/c19-16-15-14(23-18(24-15)9-5-2-6-10-18)13(21-16)12-11-20-17(22-12)7-3-1-4-8-17/h12-16,19H,1-11H2/t12?,13-,14+,15+,16+/m1/s1. The molecule has 24 heavy (non-hydrogen) atoms. The molecule has 1 N–H and O–H groups in total. The highest BCUT2D eigenvalue weighted by Crippen LogP contribution is 2.48. The third-order valence-electron chi connectivity index (χ3n) is 6.40. The van der Waals surface area contributed by atoms with Crippen LogP contribution in [0, 0.1) is 0 Å². The Kier molecular flexibility index (Phi) is 3.92. The number of aliphatic hydroxyl groups excluding tert-OH is 1. The zero-order valence-corrected chi connectivity index (χ0v) is 14.2. The van der Waals surface area contributed by atoms with E-state index in [2.05, 4.69) is 0 Å². The van der Waals surface area contributed by atoms with E-state index in [9.17, 15) is 5.11 Å². The van der Waals surface area contributed by atoms with Gasteiger partial charge in [0.15, 0.2) is 17.9 Å². The number of hydrogen-bond donors (Lipinski definition) is 1. The van der Waals surface area contributed by atoms with Crippen molar-refractivity contribution in [2.24, 2.45) is 0 Å². The smallest absolute Gasteiger partial charge is 0.184 e. The normalized spacial score (nSPS) is 46.6. The van der Waals surface area contributed by atoms with Crippen LogP contribution < -0.4 is 0 Å². The highest BCUT2D eigenvalue weighted by Gasteiger charge is 2.61. The lowest BCUT2D eigenvalue weighted by atomic mass is 9.94. The molecule has 1 unspecified atom stereocenters. The Morgan fingerprint density at radius 2 is 1.29 bits per heavy atom. The summed E-state index contributed by atoms with van der Waals surface area (Å²) in [6, 6.07) is 0. The monoisotopic (exact) mass is 340 g/mol. The van der Waals surface area contributed by atoms with Crippen LogP contribution >= 0.6 is 0 Å². The fourth-order valence-corrected chi connectivity index (χ4v) is 5.17. The van der Waals surface area contributed by atoms with E-state index in [1.165, 1.54) is 12.8 Å². The minimum absolute atomic E-state index is 0.185. The molecule has 3 heterocycles. The van der Waals surface area contributed by atoms with Crippen molar-refractivity contribution in [1.29, 1.82) is 0 Å². The van der Waals surface area contributed by atoms with Gasteiger partial charge < -0.3 is 28.8 Å². The molecule has 0 amide bonds. The summed E-state index contributed by atoms with van der Waals surface area (Å²) in [6.45, 7) is 0.511. The first-order valence-electron chi connectivity index (χ1n) is 9.70. The van der Waals surface area contributed by atoms with Crippen molar-refractivity contribution < 1.29 is 28.8 Å². The van der Waals surface area contributed by atoms with Crippen LogP contribution in [-0.2, 0) is 23.7 Å². The van der Waals surface area contributed by atoms with Gasteiger partial charge in [-0.1, -0.05) is 12.8 Å². The van der Waals surface area contributed by atoms with Crippen molar-refractivity contribution in [3.63, 3.8) is 0 Å². The lowest BCUT2D eigenvalue weighted by Gasteiger charge is -2.35. The van der Waals surface area contributed by atoms with Gasteiger partial charge in [-0.2, -0.15) is 0 Å². The van der Waals surface area contributed by atoms with Crippen LogP contribution in [0.15, 0.2) is 0 Å². The van der Waals surface area contributed by atoms with Crippen molar-refractivity contribution in [3.8, 4) is 0 Å². The Bertz CT molecular complexity index is 470. The molecule has 5 aliphatic rings. The van der Waals surface area contributed by atoms with Crippen LogP contribution in [0.3, 0.4) is 0 Å². The summed E-state index contributed by atoms with van der Waals surface area (Å²) in [5.41, 5.74) is 0. The van der Waals surface area contributed by atoms with Gasteiger partial charge in [0.05, 0.1) is 6.61 Å². The highest BCUT2D eigenvalue weighted by atomic mass is 16.8. The van der Waals surface area contributed by atoms with Gasteiger partial charge >= 0.3 is 0 Å². The fourth-order valence-electron chi connectivity index (χ4n) is 5.17. The maximum absolute atomic E-state index is 10.3. The van der Waals surface area contributed by atoms with Crippen molar-refractivity contribution >= 4 is 0 Å². The minimum atomic E-state index is -0.937. The lowest BCUT2D eigenvalue weighted by Crippen LogP contribution is -2.43. The molecule has 6 nitrogen and oxygen atoms in total. The molecule has 0 bridgehead atoms. The third kappa shape index (κ3) is 2.54. The average molecular weight is 340 g/mol. The summed E-state index contributed by atoms with van der Waals surface area (Å²) in [5.74, 6) is -0.949. The Morgan fingerprint density at radius 3 is 2.00 bits per heavy atom. The molecule has 2 aliphatic carbocycles. The molecule has 0 aromatic heterocycles. The number of rotatable bonds is 1. The van der Waals surface area contributed by atoms with E-state index in [0.717, 1.165) is 51.4 Å². The van der Waals surface area contributed by atoms with E-state index >= 15 is 0 Å². The molecule has 5 fully saturated rings. The van der Waals surface area contributed by atoms with Gasteiger partial charge in [-0.15, -0.1) is 0 Å². The molecule has 5 rings (SSSR count). The maximum Gasteiger partial charge on any atom is 0.184 e. The van der Waals surface area contributed by atoms with E-state index in [-0.39, 0.29) is 18.3 Å². The number of aliphatic hydroxyl groups is 1. The molecule has 0 aromatic rings. The number of fused-ring (bicyclic) bond motifs is 1. The van der Waals surface area contributed by atoms with E-state index in [1.54, 1.807) is 0 Å². The molecule has 0 aromatic carbocycles. The average Bonchev–Trinajstić information content (AvgIpc) is 3.24. The van der Waals surface area contributed by atoms with Crippen LogP contribution in [0.4, 0.5) is 0 Å². The predicted molar refractivity (Wildman–Crippen MR) is 83.1 cm³/mol. The van der Waals surface area contributed by atoms with Crippen LogP contribution in [0.5, 0.6) is 0 Å². The molecule has 5 atom stereocenters.